The topological polar surface area (TPSA) is 23.9 Å². The van der Waals surface area contributed by atoms with Crippen molar-refractivity contribution in [2.75, 3.05) is 0 Å². The van der Waals surface area contributed by atoms with Gasteiger partial charge in [0, 0.05) is 23.8 Å². The highest BCUT2D eigenvalue weighted by Gasteiger charge is 2.07. The predicted octanol–water partition coefficient (Wildman–Crippen LogP) is 3.57. The third-order valence-corrected chi connectivity index (χ3v) is 2.30. The Hall–Kier alpha value is -1.55. The molecule has 0 aromatic heterocycles. The fraction of sp³-hybridized carbons (Fsp3) is 0.357. The summed E-state index contributed by atoms with van der Waals surface area (Å²) in [5.74, 6) is 6.69. The molecule has 0 saturated carbocycles. The summed E-state index contributed by atoms with van der Waals surface area (Å²) >= 11 is 0. The third-order valence-electron chi connectivity index (χ3n) is 2.30. The summed E-state index contributed by atoms with van der Waals surface area (Å²) in [6.45, 7) is 6.34. The number of hydrogen-bond acceptors (Lipinski definition) is 1. The molecular weight excluding hydrogens is 182 g/mol. The number of rotatable bonds is 2. The quantitative estimate of drug-likeness (QED) is 0.556. The van der Waals surface area contributed by atoms with Gasteiger partial charge in [-0.3, -0.25) is 0 Å². The second kappa shape index (κ2) is 5.36. The summed E-state index contributed by atoms with van der Waals surface area (Å²) in [6.07, 6.45) is 2.23. The van der Waals surface area contributed by atoms with Crippen molar-refractivity contribution in [1.82, 2.24) is 0 Å². The molecular formula is C14H17N. The van der Waals surface area contributed by atoms with E-state index in [1.165, 1.54) is 11.8 Å². The van der Waals surface area contributed by atoms with Gasteiger partial charge in [-0.15, -0.1) is 0 Å². The molecule has 78 valence electrons. The van der Waals surface area contributed by atoms with Crippen LogP contribution in [0.25, 0.3) is 0 Å². The Balaban J connectivity index is 3.33. The number of hydrogen-bond donors (Lipinski definition) is 1. The maximum atomic E-state index is 7.36. The van der Waals surface area contributed by atoms with Crippen LogP contribution < -0.4 is 0 Å². The van der Waals surface area contributed by atoms with Crippen LogP contribution in [0.15, 0.2) is 18.2 Å². The third kappa shape index (κ3) is 2.70. The van der Waals surface area contributed by atoms with Crippen LogP contribution in [0.1, 0.15) is 49.8 Å². The van der Waals surface area contributed by atoms with Crippen LogP contribution in [-0.4, -0.2) is 6.21 Å². The molecule has 0 radical (unpaired) electrons. The van der Waals surface area contributed by atoms with E-state index < -0.39 is 0 Å². The van der Waals surface area contributed by atoms with Crippen molar-refractivity contribution in [2.24, 2.45) is 0 Å². The first-order chi connectivity index (χ1) is 7.20. The normalized spacial score (nSPS) is 9.60. The van der Waals surface area contributed by atoms with Gasteiger partial charge < -0.3 is 5.41 Å². The van der Waals surface area contributed by atoms with Crippen molar-refractivity contribution < 1.29 is 0 Å². The van der Waals surface area contributed by atoms with Crippen LogP contribution in [0, 0.1) is 17.3 Å². The van der Waals surface area contributed by atoms with Gasteiger partial charge in [-0.05, 0) is 11.5 Å². The lowest BCUT2D eigenvalue weighted by molar-refractivity contribution is 0.863. The zero-order valence-electron chi connectivity index (χ0n) is 9.59. The van der Waals surface area contributed by atoms with E-state index in [1.807, 2.05) is 19.1 Å². The van der Waals surface area contributed by atoms with E-state index in [0.29, 0.717) is 5.92 Å². The van der Waals surface area contributed by atoms with Crippen molar-refractivity contribution in [3.8, 4) is 11.8 Å². The van der Waals surface area contributed by atoms with E-state index in [4.69, 9.17) is 5.41 Å². The largest absolute Gasteiger partial charge is 0.308 e. The highest BCUT2D eigenvalue weighted by Crippen LogP contribution is 2.21. The number of nitrogens with one attached hydrogen (secondary N) is 1. The Kier molecular flexibility index (Phi) is 4.12. The first kappa shape index (κ1) is 11.5. The number of benzene rings is 1. The second-order valence-electron chi connectivity index (χ2n) is 3.77. The van der Waals surface area contributed by atoms with Crippen molar-refractivity contribution in [1.29, 1.82) is 5.41 Å². The van der Waals surface area contributed by atoms with Gasteiger partial charge in [-0.25, -0.2) is 0 Å². The van der Waals surface area contributed by atoms with Crippen molar-refractivity contribution in [2.45, 2.75) is 33.1 Å². The van der Waals surface area contributed by atoms with E-state index in [-0.39, 0.29) is 0 Å². The summed E-state index contributed by atoms with van der Waals surface area (Å²) in [5.41, 5.74) is 3.17. The monoisotopic (exact) mass is 199 g/mol. The van der Waals surface area contributed by atoms with Crippen LogP contribution in [0.5, 0.6) is 0 Å². The van der Waals surface area contributed by atoms with Crippen LogP contribution in [0.4, 0.5) is 0 Å². The molecule has 15 heavy (non-hydrogen) atoms. The Morgan fingerprint density at radius 2 is 2.13 bits per heavy atom. The molecule has 0 aliphatic heterocycles. The first-order valence-corrected chi connectivity index (χ1v) is 5.33. The highest BCUT2D eigenvalue weighted by molar-refractivity contribution is 5.82. The van der Waals surface area contributed by atoms with Gasteiger partial charge in [-0.1, -0.05) is 50.8 Å². The molecule has 0 heterocycles. The van der Waals surface area contributed by atoms with Gasteiger partial charge in [0.2, 0.25) is 0 Å². The molecule has 1 N–H and O–H groups in total. The van der Waals surface area contributed by atoms with Crippen molar-refractivity contribution in [3.63, 3.8) is 0 Å². The van der Waals surface area contributed by atoms with Crippen LogP contribution in [-0.2, 0) is 0 Å². The highest BCUT2D eigenvalue weighted by atomic mass is 14.3. The molecule has 0 aliphatic rings. The van der Waals surface area contributed by atoms with Crippen LogP contribution in [0.2, 0.25) is 0 Å². The van der Waals surface area contributed by atoms with E-state index >= 15 is 0 Å². The predicted molar refractivity (Wildman–Crippen MR) is 65.6 cm³/mol. The molecule has 1 heteroatoms. The lowest BCUT2D eigenvalue weighted by atomic mass is 9.94. The van der Waals surface area contributed by atoms with Crippen LogP contribution in [0.3, 0.4) is 0 Å². The second-order valence-corrected chi connectivity index (χ2v) is 3.77. The van der Waals surface area contributed by atoms with Crippen molar-refractivity contribution in [3.05, 3.63) is 34.9 Å². The lowest BCUT2D eigenvalue weighted by Gasteiger charge is -2.10. The molecule has 0 spiro atoms. The molecule has 0 unspecified atom stereocenters. The molecule has 0 fully saturated rings. The summed E-state index contributed by atoms with van der Waals surface area (Å²) in [6, 6.07) is 6.03. The van der Waals surface area contributed by atoms with E-state index in [1.54, 1.807) is 0 Å². The maximum absolute atomic E-state index is 7.36. The molecule has 0 bridgehead atoms. The molecule has 0 saturated heterocycles. The summed E-state index contributed by atoms with van der Waals surface area (Å²) in [7, 11) is 0. The summed E-state index contributed by atoms with van der Waals surface area (Å²) in [5, 5.41) is 7.36. The Morgan fingerprint density at radius 3 is 2.67 bits per heavy atom. The van der Waals surface area contributed by atoms with Gasteiger partial charge in [-0.2, -0.15) is 0 Å². The fourth-order valence-electron chi connectivity index (χ4n) is 1.51. The fourth-order valence-corrected chi connectivity index (χ4v) is 1.51. The average molecular weight is 199 g/mol. The molecule has 1 rings (SSSR count). The molecule has 0 amide bonds. The Morgan fingerprint density at radius 1 is 1.40 bits per heavy atom. The molecule has 1 nitrogen and oxygen atoms in total. The minimum atomic E-state index is 0.450. The van der Waals surface area contributed by atoms with Crippen molar-refractivity contribution >= 4 is 6.21 Å². The SMILES string of the molecule is CCC#Cc1c(C=N)cccc1C(C)C. The van der Waals surface area contributed by atoms with E-state index in [9.17, 15) is 0 Å². The van der Waals surface area contributed by atoms with E-state index in [0.717, 1.165) is 17.5 Å². The minimum absolute atomic E-state index is 0.450. The smallest absolute Gasteiger partial charge is 0.0367 e. The Bertz CT molecular complexity index is 405. The van der Waals surface area contributed by atoms with Gasteiger partial charge in [0.1, 0.15) is 0 Å². The minimum Gasteiger partial charge on any atom is -0.308 e. The van der Waals surface area contributed by atoms with Gasteiger partial charge in [0.05, 0.1) is 0 Å². The first-order valence-electron chi connectivity index (χ1n) is 5.33. The Labute approximate surface area is 92.0 Å². The molecule has 1 aromatic carbocycles. The van der Waals surface area contributed by atoms with Crippen LogP contribution >= 0.6 is 0 Å². The molecule has 0 atom stereocenters. The summed E-state index contributed by atoms with van der Waals surface area (Å²) < 4.78 is 0. The standard InChI is InChI=1S/C14H17N/c1-4-5-8-14-12(10-15)7-6-9-13(14)11(2)3/h6-7,9-11,15H,4H2,1-3H3. The van der Waals surface area contributed by atoms with E-state index in [2.05, 4.69) is 31.8 Å². The van der Waals surface area contributed by atoms with Gasteiger partial charge in [0.25, 0.3) is 0 Å². The average Bonchev–Trinajstić information content (AvgIpc) is 2.25. The summed E-state index contributed by atoms with van der Waals surface area (Å²) in [4.78, 5) is 0. The lowest BCUT2D eigenvalue weighted by Crippen LogP contribution is -1.97. The molecule has 0 aliphatic carbocycles. The zero-order valence-corrected chi connectivity index (χ0v) is 9.59. The van der Waals surface area contributed by atoms with Gasteiger partial charge >= 0.3 is 0 Å². The molecule has 1 aromatic rings. The van der Waals surface area contributed by atoms with Gasteiger partial charge in [0.15, 0.2) is 0 Å². The zero-order chi connectivity index (χ0) is 11.3. The maximum Gasteiger partial charge on any atom is 0.0367 e.